The van der Waals surface area contributed by atoms with Crippen molar-refractivity contribution < 1.29 is 14.4 Å². The molecule has 1 saturated heterocycles. The Balaban J connectivity index is 1.67. The van der Waals surface area contributed by atoms with Crippen molar-refractivity contribution in [2.24, 2.45) is 11.8 Å². The van der Waals surface area contributed by atoms with Crippen molar-refractivity contribution in [2.45, 2.75) is 12.8 Å². The molecule has 3 rings (SSSR count). The van der Waals surface area contributed by atoms with Gasteiger partial charge in [-0.3, -0.25) is 19.3 Å². The number of rotatable bonds is 3. The van der Waals surface area contributed by atoms with Gasteiger partial charge in [0.25, 0.3) is 0 Å². The minimum atomic E-state index is -0.448. The highest BCUT2D eigenvalue weighted by Gasteiger charge is 2.47. The van der Waals surface area contributed by atoms with Gasteiger partial charge in [-0.1, -0.05) is 35.4 Å². The molecule has 0 unspecified atom stereocenters. The van der Waals surface area contributed by atoms with E-state index >= 15 is 0 Å². The van der Waals surface area contributed by atoms with Gasteiger partial charge in [0.2, 0.25) is 17.7 Å². The van der Waals surface area contributed by atoms with Crippen LogP contribution in [0, 0.1) is 11.8 Å². The Labute approximate surface area is 143 Å². The van der Waals surface area contributed by atoms with Crippen molar-refractivity contribution in [1.29, 1.82) is 0 Å². The van der Waals surface area contributed by atoms with Gasteiger partial charge in [0, 0.05) is 5.69 Å². The number of anilines is 1. The summed E-state index contributed by atoms with van der Waals surface area (Å²) in [5.41, 5.74) is 0.461. The second kappa shape index (κ2) is 6.34. The third-order valence-corrected chi connectivity index (χ3v) is 4.84. The van der Waals surface area contributed by atoms with E-state index in [9.17, 15) is 14.4 Å². The summed E-state index contributed by atoms with van der Waals surface area (Å²) in [6.07, 6.45) is 4.93. The first-order valence-electron chi connectivity index (χ1n) is 7.22. The molecular formula is C16H14Cl2N2O3. The number of nitrogens with one attached hydrogen (secondary N) is 1. The number of carbonyl (C=O) groups excluding carboxylic acids is 3. The Morgan fingerprint density at radius 3 is 2.26 bits per heavy atom. The summed E-state index contributed by atoms with van der Waals surface area (Å²) in [4.78, 5) is 37.7. The van der Waals surface area contributed by atoms with E-state index in [0.717, 1.165) is 4.90 Å². The van der Waals surface area contributed by atoms with Crippen molar-refractivity contribution in [3.8, 4) is 0 Å². The third kappa shape index (κ3) is 3.12. The van der Waals surface area contributed by atoms with Gasteiger partial charge in [0.05, 0.1) is 21.9 Å². The molecule has 1 fully saturated rings. The minimum absolute atomic E-state index is 0.270. The van der Waals surface area contributed by atoms with Crippen LogP contribution in [0.5, 0.6) is 0 Å². The quantitative estimate of drug-likeness (QED) is 0.671. The predicted octanol–water partition coefficient (Wildman–Crippen LogP) is 2.88. The lowest BCUT2D eigenvalue weighted by Gasteiger charge is -2.14. The molecular weight excluding hydrogens is 339 g/mol. The number of nitrogens with zero attached hydrogens (tertiary/aromatic N) is 1. The number of allylic oxidation sites excluding steroid dienone is 2. The standard InChI is InChI=1S/C16H14Cl2N2O3/c17-12-6-5-9(7-13(12)18)19-14(21)8-20-15(22)10-3-1-2-4-11(10)16(20)23/h1-2,5-7,10-11H,3-4,8H2,(H,19,21)/t10-,11-/m0/s1. The fourth-order valence-electron chi connectivity index (χ4n) is 2.94. The van der Waals surface area contributed by atoms with Gasteiger partial charge in [0.1, 0.15) is 6.54 Å². The number of amides is 3. The monoisotopic (exact) mass is 352 g/mol. The number of halogens is 2. The summed E-state index contributed by atoms with van der Waals surface area (Å²) in [6, 6.07) is 4.68. The molecule has 7 heteroatoms. The fourth-order valence-corrected chi connectivity index (χ4v) is 3.24. The summed E-state index contributed by atoms with van der Waals surface area (Å²) >= 11 is 11.7. The largest absolute Gasteiger partial charge is 0.324 e. The van der Waals surface area contributed by atoms with Crippen LogP contribution in [-0.4, -0.2) is 29.2 Å². The smallest absolute Gasteiger partial charge is 0.244 e. The maximum absolute atomic E-state index is 12.3. The number of fused-ring (bicyclic) bond motifs is 1. The predicted molar refractivity (Wildman–Crippen MR) is 87.2 cm³/mol. The third-order valence-electron chi connectivity index (χ3n) is 4.10. The highest BCUT2D eigenvalue weighted by atomic mass is 35.5. The molecule has 23 heavy (non-hydrogen) atoms. The number of benzene rings is 1. The Bertz CT molecular complexity index is 691. The minimum Gasteiger partial charge on any atom is -0.324 e. The Morgan fingerprint density at radius 2 is 1.70 bits per heavy atom. The van der Waals surface area contributed by atoms with Crippen LogP contribution >= 0.6 is 23.2 Å². The second-order valence-electron chi connectivity index (χ2n) is 5.60. The van der Waals surface area contributed by atoms with Crippen LogP contribution in [0.1, 0.15) is 12.8 Å². The van der Waals surface area contributed by atoms with Crippen LogP contribution in [0.2, 0.25) is 10.0 Å². The number of likely N-dealkylation sites (tertiary alicyclic amines) is 1. The molecule has 2 atom stereocenters. The van der Waals surface area contributed by atoms with Gasteiger partial charge in [-0.15, -0.1) is 0 Å². The van der Waals surface area contributed by atoms with E-state index in [1.54, 1.807) is 12.1 Å². The molecule has 0 spiro atoms. The first-order valence-corrected chi connectivity index (χ1v) is 7.98. The van der Waals surface area contributed by atoms with E-state index in [2.05, 4.69) is 5.32 Å². The lowest BCUT2D eigenvalue weighted by molar-refractivity contribution is -0.142. The van der Waals surface area contributed by atoms with Gasteiger partial charge < -0.3 is 5.32 Å². The van der Waals surface area contributed by atoms with Crippen molar-refractivity contribution in [1.82, 2.24) is 4.90 Å². The molecule has 1 aromatic rings. The normalized spacial score (nSPS) is 23.1. The van der Waals surface area contributed by atoms with Gasteiger partial charge in [0.15, 0.2) is 0 Å². The zero-order valence-electron chi connectivity index (χ0n) is 12.1. The molecule has 1 N–H and O–H groups in total. The van der Waals surface area contributed by atoms with Crippen LogP contribution in [0.4, 0.5) is 5.69 Å². The van der Waals surface area contributed by atoms with Crippen LogP contribution in [0.15, 0.2) is 30.4 Å². The SMILES string of the molecule is O=C(CN1C(=O)[C@H]2CC=CC[C@@H]2C1=O)Nc1ccc(Cl)c(Cl)c1. The first kappa shape index (κ1) is 16.0. The molecule has 5 nitrogen and oxygen atoms in total. The molecule has 1 aliphatic carbocycles. The summed E-state index contributed by atoms with van der Waals surface area (Å²) in [5, 5.41) is 3.31. The highest BCUT2D eigenvalue weighted by molar-refractivity contribution is 6.42. The molecule has 1 aliphatic heterocycles. The number of hydrogen-bond acceptors (Lipinski definition) is 3. The molecule has 1 heterocycles. The average Bonchev–Trinajstić information content (AvgIpc) is 2.76. The first-order chi connectivity index (χ1) is 11.0. The van der Waals surface area contributed by atoms with Crippen molar-refractivity contribution in [3.63, 3.8) is 0 Å². The van der Waals surface area contributed by atoms with Crippen LogP contribution in [-0.2, 0) is 14.4 Å². The van der Waals surface area contributed by atoms with E-state index in [4.69, 9.17) is 23.2 Å². The second-order valence-corrected chi connectivity index (χ2v) is 6.41. The van der Waals surface area contributed by atoms with E-state index in [1.165, 1.54) is 6.07 Å². The van der Waals surface area contributed by atoms with Crippen molar-refractivity contribution >= 4 is 46.6 Å². The van der Waals surface area contributed by atoms with Crippen LogP contribution < -0.4 is 5.32 Å². The highest BCUT2D eigenvalue weighted by Crippen LogP contribution is 2.34. The van der Waals surface area contributed by atoms with Crippen molar-refractivity contribution in [2.75, 3.05) is 11.9 Å². The molecule has 1 aromatic carbocycles. The van der Waals surface area contributed by atoms with Crippen LogP contribution in [0.3, 0.4) is 0 Å². The Morgan fingerprint density at radius 1 is 1.09 bits per heavy atom. The molecule has 0 saturated carbocycles. The van der Waals surface area contributed by atoms with E-state index in [0.29, 0.717) is 28.6 Å². The number of imide groups is 1. The molecule has 3 amide bonds. The maximum Gasteiger partial charge on any atom is 0.244 e. The maximum atomic E-state index is 12.3. The van der Waals surface area contributed by atoms with Crippen LogP contribution in [0.25, 0.3) is 0 Å². The average molecular weight is 353 g/mol. The number of carbonyl (C=O) groups is 3. The topological polar surface area (TPSA) is 66.5 Å². The van der Waals surface area contributed by atoms with Gasteiger partial charge in [-0.05, 0) is 31.0 Å². The van der Waals surface area contributed by atoms with Gasteiger partial charge in [-0.2, -0.15) is 0 Å². The van der Waals surface area contributed by atoms with E-state index < -0.39 is 5.91 Å². The fraction of sp³-hybridized carbons (Fsp3) is 0.312. The summed E-state index contributed by atoms with van der Waals surface area (Å²) in [5.74, 6) is -1.64. The van der Waals surface area contributed by atoms with Gasteiger partial charge in [-0.25, -0.2) is 0 Å². The Hall–Kier alpha value is -1.85. The molecule has 0 aromatic heterocycles. The molecule has 0 radical (unpaired) electrons. The van der Waals surface area contributed by atoms with Gasteiger partial charge >= 0.3 is 0 Å². The zero-order valence-corrected chi connectivity index (χ0v) is 13.6. The summed E-state index contributed by atoms with van der Waals surface area (Å²) in [7, 11) is 0. The summed E-state index contributed by atoms with van der Waals surface area (Å²) in [6.45, 7) is -0.287. The summed E-state index contributed by atoms with van der Waals surface area (Å²) < 4.78 is 0. The lowest BCUT2D eigenvalue weighted by atomic mass is 9.85. The lowest BCUT2D eigenvalue weighted by Crippen LogP contribution is -2.38. The van der Waals surface area contributed by atoms with Crippen molar-refractivity contribution in [3.05, 3.63) is 40.4 Å². The molecule has 120 valence electrons. The number of hydrogen-bond donors (Lipinski definition) is 1. The Kier molecular flexibility index (Phi) is 4.41. The van der Waals surface area contributed by atoms with E-state index in [1.807, 2.05) is 12.2 Å². The molecule has 2 aliphatic rings. The zero-order chi connectivity index (χ0) is 16.6. The van der Waals surface area contributed by atoms with E-state index in [-0.39, 0.29) is 30.2 Å². The molecule has 0 bridgehead atoms.